The molecule has 0 bridgehead atoms. The van der Waals surface area contributed by atoms with Crippen LogP contribution >= 0.6 is 0 Å². The number of fused-ring (bicyclic) bond motifs is 1. The average molecular weight is 399 g/mol. The fourth-order valence-electron chi connectivity index (χ4n) is 3.92. The number of carbonyl (C=O) groups excluding carboxylic acids is 4. The summed E-state index contributed by atoms with van der Waals surface area (Å²) in [4.78, 5) is 53.0. The fourth-order valence-corrected chi connectivity index (χ4v) is 3.92. The van der Waals surface area contributed by atoms with Crippen molar-refractivity contribution in [2.75, 3.05) is 13.1 Å². The molecule has 2 aliphatic heterocycles. The van der Waals surface area contributed by atoms with Gasteiger partial charge in [0.1, 0.15) is 0 Å². The molecule has 0 aliphatic carbocycles. The smallest absolute Gasteiger partial charge is 0.262 e. The van der Waals surface area contributed by atoms with Crippen molar-refractivity contribution in [2.24, 2.45) is 0 Å². The van der Waals surface area contributed by atoms with Gasteiger partial charge in [0, 0.05) is 36.7 Å². The van der Waals surface area contributed by atoms with Gasteiger partial charge in [-0.25, -0.2) is 0 Å². The van der Waals surface area contributed by atoms with E-state index in [9.17, 15) is 19.2 Å². The molecule has 0 radical (unpaired) electrons. The Morgan fingerprint density at radius 1 is 1.07 bits per heavy atom. The zero-order chi connectivity index (χ0) is 21.3. The number of amides is 4. The Morgan fingerprint density at radius 2 is 1.69 bits per heavy atom. The lowest BCUT2D eigenvalue weighted by atomic mass is 10.0. The number of carbonyl (C=O) groups is 4. The fraction of sp³-hybridized carbons (Fsp3) is 0.545. The van der Waals surface area contributed by atoms with E-state index in [1.807, 2.05) is 27.7 Å². The van der Waals surface area contributed by atoms with Crippen LogP contribution in [0.2, 0.25) is 0 Å². The minimum atomic E-state index is -0.624. The average Bonchev–Trinajstić information content (AvgIpc) is 2.92. The zero-order valence-electron chi connectivity index (χ0n) is 17.6. The minimum absolute atomic E-state index is 0.0579. The minimum Gasteiger partial charge on any atom is -0.353 e. The van der Waals surface area contributed by atoms with Gasteiger partial charge in [-0.15, -0.1) is 0 Å². The molecule has 29 heavy (non-hydrogen) atoms. The van der Waals surface area contributed by atoms with Gasteiger partial charge in [0.25, 0.3) is 17.7 Å². The van der Waals surface area contributed by atoms with E-state index in [1.165, 1.54) is 4.90 Å². The van der Waals surface area contributed by atoms with Crippen molar-refractivity contribution in [1.29, 1.82) is 0 Å². The summed E-state index contributed by atoms with van der Waals surface area (Å²) in [6, 6.07) is 4.83. The van der Waals surface area contributed by atoms with Gasteiger partial charge in [0.15, 0.2) is 0 Å². The second-order valence-corrected chi connectivity index (χ2v) is 8.76. The van der Waals surface area contributed by atoms with Crippen molar-refractivity contribution >= 4 is 23.6 Å². The standard InChI is InChI=1S/C22H29N3O4/c1-5-6-18(26)23-15-9-11-24(12-10-15)19(27)14-7-8-16-17(13-14)21(29)25(20(16)28)22(2,3)4/h7-8,13,15H,5-6,9-12H2,1-4H3,(H,23,26). The molecule has 0 spiro atoms. The van der Waals surface area contributed by atoms with Crippen LogP contribution in [0.4, 0.5) is 0 Å². The summed E-state index contributed by atoms with van der Waals surface area (Å²) in [5.74, 6) is -0.771. The molecule has 3 rings (SSSR count). The van der Waals surface area contributed by atoms with Crippen LogP contribution in [0.1, 0.15) is 84.5 Å². The van der Waals surface area contributed by atoms with Gasteiger partial charge in [0.05, 0.1) is 11.1 Å². The molecular weight excluding hydrogens is 370 g/mol. The van der Waals surface area contributed by atoms with Crippen LogP contribution in [0.15, 0.2) is 18.2 Å². The summed E-state index contributed by atoms with van der Waals surface area (Å²) in [5.41, 5.74) is 0.423. The highest BCUT2D eigenvalue weighted by Crippen LogP contribution is 2.30. The normalized spacial score (nSPS) is 17.5. The van der Waals surface area contributed by atoms with Gasteiger partial charge in [-0.05, 0) is 58.2 Å². The summed E-state index contributed by atoms with van der Waals surface area (Å²) >= 11 is 0. The molecule has 1 N–H and O–H groups in total. The predicted molar refractivity (Wildman–Crippen MR) is 109 cm³/mol. The number of hydrogen-bond acceptors (Lipinski definition) is 4. The van der Waals surface area contributed by atoms with Crippen LogP contribution in [-0.2, 0) is 4.79 Å². The molecule has 1 saturated heterocycles. The van der Waals surface area contributed by atoms with Crippen LogP contribution in [-0.4, -0.2) is 58.1 Å². The molecule has 7 nitrogen and oxygen atoms in total. The Kier molecular flexibility index (Phi) is 5.78. The Hall–Kier alpha value is -2.70. The van der Waals surface area contributed by atoms with E-state index in [1.54, 1.807) is 23.1 Å². The molecule has 156 valence electrons. The molecule has 2 aliphatic rings. The van der Waals surface area contributed by atoms with E-state index < -0.39 is 5.54 Å². The zero-order valence-corrected chi connectivity index (χ0v) is 17.6. The van der Waals surface area contributed by atoms with E-state index in [2.05, 4.69) is 5.32 Å². The second kappa shape index (κ2) is 7.97. The number of benzene rings is 1. The van der Waals surface area contributed by atoms with E-state index in [-0.39, 0.29) is 35.2 Å². The maximum atomic E-state index is 12.9. The first-order valence-corrected chi connectivity index (χ1v) is 10.2. The van der Waals surface area contributed by atoms with Crippen LogP contribution in [0, 0.1) is 0 Å². The Balaban J connectivity index is 1.69. The van der Waals surface area contributed by atoms with Crippen LogP contribution in [0.5, 0.6) is 0 Å². The predicted octanol–water partition coefficient (Wildman–Crippen LogP) is 2.60. The number of piperidine rings is 1. The third-order valence-electron chi connectivity index (χ3n) is 5.43. The highest BCUT2D eigenvalue weighted by atomic mass is 16.2. The van der Waals surface area contributed by atoms with Gasteiger partial charge < -0.3 is 10.2 Å². The molecule has 1 fully saturated rings. The first kappa shape index (κ1) is 21.0. The lowest BCUT2D eigenvalue weighted by Crippen LogP contribution is -2.46. The lowest BCUT2D eigenvalue weighted by molar-refractivity contribution is -0.122. The molecule has 0 saturated carbocycles. The van der Waals surface area contributed by atoms with Crippen LogP contribution < -0.4 is 5.32 Å². The number of rotatable bonds is 4. The van der Waals surface area contributed by atoms with Gasteiger partial charge in [-0.1, -0.05) is 6.92 Å². The number of imide groups is 1. The first-order valence-electron chi connectivity index (χ1n) is 10.2. The Bertz CT molecular complexity index is 848. The molecule has 0 aromatic heterocycles. The summed E-state index contributed by atoms with van der Waals surface area (Å²) in [7, 11) is 0. The van der Waals surface area contributed by atoms with Gasteiger partial charge in [-0.3, -0.25) is 24.1 Å². The molecular formula is C22H29N3O4. The Labute approximate surface area is 171 Å². The molecule has 0 atom stereocenters. The van der Waals surface area contributed by atoms with E-state index in [0.29, 0.717) is 43.5 Å². The van der Waals surface area contributed by atoms with Crippen molar-refractivity contribution in [3.05, 3.63) is 34.9 Å². The van der Waals surface area contributed by atoms with Crippen molar-refractivity contribution in [1.82, 2.24) is 15.1 Å². The molecule has 7 heteroatoms. The number of likely N-dealkylation sites (tertiary alicyclic amines) is 1. The summed E-state index contributed by atoms with van der Waals surface area (Å²) in [5, 5.41) is 3.02. The van der Waals surface area contributed by atoms with Gasteiger partial charge in [0.2, 0.25) is 5.91 Å². The molecule has 2 heterocycles. The third kappa shape index (κ3) is 4.18. The van der Waals surface area contributed by atoms with E-state index in [4.69, 9.17) is 0 Å². The first-order chi connectivity index (χ1) is 13.6. The van der Waals surface area contributed by atoms with Crippen molar-refractivity contribution in [3.8, 4) is 0 Å². The topological polar surface area (TPSA) is 86.8 Å². The SMILES string of the molecule is CCCC(=O)NC1CCN(C(=O)c2ccc3c(c2)C(=O)N(C(C)(C)C)C3=O)CC1. The Morgan fingerprint density at radius 3 is 2.28 bits per heavy atom. The summed E-state index contributed by atoms with van der Waals surface area (Å²) in [6.07, 6.45) is 2.75. The summed E-state index contributed by atoms with van der Waals surface area (Å²) in [6.45, 7) is 8.50. The number of nitrogens with zero attached hydrogens (tertiary/aromatic N) is 2. The monoisotopic (exact) mass is 399 g/mol. The third-order valence-corrected chi connectivity index (χ3v) is 5.43. The highest BCUT2D eigenvalue weighted by molar-refractivity contribution is 6.22. The lowest BCUT2D eigenvalue weighted by Gasteiger charge is -2.32. The van der Waals surface area contributed by atoms with Crippen LogP contribution in [0.25, 0.3) is 0 Å². The maximum absolute atomic E-state index is 12.9. The van der Waals surface area contributed by atoms with Gasteiger partial charge in [-0.2, -0.15) is 0 Å². The largest absolute Gasteiger partial charge is 0.353 e. The van der Waals surface area contributed by atoms with Crippen molar-refractivity contribution < 1.29 is 19.2 Å². The molecule has 0 unspecified atom stereocenters. The molecule has 4 amide bonds. The van der Waals surface area contributed by atoms with Crippen LogP contribution in [0.3, 0.4) is 0 Å². The molecule has 1 aromatic rings. The maximum Gasteiger partial charge on any atom is 0.262 e. The number of nitrogens with one attached hydrogen (secondary N) is 1. The summed E-state index contributed by atoms with van der Waals surface area (Å²) < 4.78 is 0. The van der Waals surface area contributed by atoms with Crippen molar-refractivity contribution in [2.45, 2.75) is 65.0 Å². The van der Waals surface area contributed by atoms with E-state index >= 15 is 0 Å². The van der Waals surface area contributed by atoms with Gasteiger partial charge >= 0.3 is 0 Å². The van der Waals surface area contributed by atoms with Crippen molar-refractivity contribution in [3.63, 3.8) is 0 Å². The highest BCUT2D eigenvalue weighted by Gasteiger charge is 2.42. The van der Waals surface area contributed by atoms with E-state index in [0.717, 1.165) is 6.42 Å². The quantitative estimate of drug-likeness (QED) is 0.789. The second-order valence-electron chi connectivity index (χ2n) is 8.76. The number of hydrogen-bond donors (Lipinski definition) is 1. The molecule has 1 aromatic carbocycles.